The smallest absolute Gasteiger partial charge is 0.356 e. The average Bonchev–Trinajstić information content (AvgIpc) is 1.82. The van der Waals surface area contributed by atoms with E-state index in [1.54, 1.807) is 0 Å². The molecule has 0 spiro atoms. The molecule has 10 heavy (non-hydrogen) atoms. The molecule has 5 nitrogen and oxygen atoms in total. The van der Waals surface area contributed by atoms with Crippen LogP contribution in [-0.2, 0) is 0 Å². The first-order chi connectivity index (χ1) is 4.66. The summed E-state index contributed by atoms with van der Waals surface area (Å²) >= 11 is 0. The van der Waals surface area contributed by atoms with Crippen molar-refractivity contribution in [2.24, 2.45) is 22.2 Å². The normalized spacial score (nSPS) is 11.1. The lowest BCUT2D eigenvalue weighted by Gasteiger charge is -1.88. The summed E-state index contributed by atoms with van der Waals surface area (Å²) in [6.45, 7) is 4.26. The van der Waals surface area contributed by atoms with Crippen LogP contribution in [0.1, 0.15) is 6.42 Å². The van der Waals surface area contributed by atoms with Crippen molar-refractivity contribution in [3.8, 4) is 0 Å². The van der Waals surface area contributed by atoms with E-state index < -0.39 is 0 Å². The van der Waals surface area contributed by atoms with E-state index in [1.165, 1.54) is 0 Å². The zero-order chi connectivity index (χ0) is 7.98. The van der Waals surface area contributed by atoms with Crippen molar-refractivity contribution in [2.45, 2.75) is 6.42 Å². The van der Waals surface area contributed by atoms with Gasteiger partial charge in [-0.15, -0.1) is 0 Å². The Morgan fingerprint density at radius 3 is 2.40 bits per heavy atom. The van der Waals surface area contributed by atoms with Crippen LogP contribution in [0, 0.1) is 6.92 Å². The van der Waals surface area contributed by atoms with Crippen molar-refractivity contribution in [1.82, 2.24) is 0 Å². The second-order valence-corrected chi connectivity index (χ2v) is 1.70. The molecule has 0 fully saturated rings. The van der Waals surface area contributed by atoms with Crippen molar-refractivity contribution >= 4 is 11.9 Å². The molecule has 0 aromatic heterocycles. The first-order valence-corrected chi connectivity index (χ1v) is 2.92. The van der Waals surface area contributed by atoms with Crippen molar-refractivity contribution in [1.29, 1.82) is 0 Å². The van der Waals surface area contributed by atoms with Crippen LogP contribution < -0.4 is 22.2 Å². The monoisotopic (exact) mass is 143 g/mol. The third-order valence-electron chi connectivity index (χ3n) is 0.732. The van der Waals surface area contributed by atoms with Crippen molar-refractivity contribution in [3.05, 3.63) is 6.92 Å². The molecule has 0 bridgehead atoms. The number of hydrogen-bond donors (Lipinski definition) is 4. The molecule has 7 N–H and O–H groups in total. The van der Waals surface area contributed by atoms with Crippen molar-refractivity contribution in [3.63, 3.8) is 0 Å². The SMILES string of the molecule is [CH2-]CC[NH+]=C(N)N=C(N)N. The molecule has 0 atom stereocenters. The minimum Gasteiger partial charge on any atom is -0.356 e. The van der Waals surface area contributed by atoms with Gasteiger partial charge in [0.15, 0.2) is 0 Å². The van der Waals surface area contributed by atoms with Crippen LogP contribution in [0.15, 0.2) is 4.99 Å². The predicted octanol–water partition coefficient (Wildman–Crippen LogP) is -3.12. The van der Waals surface area contributed by atoms with Gasteiger partial charge in [0.25, 0.3) is 5.96 Å². The van der Waals surface area contributed by atoms with Crippen molar-refractivity contribution < 1.29 is 4.99 Å². The van der Waals surface area contributed by atoms with Gasteiger partial charge in [0.2, 0.25) is 0 Å². The summed E-state index contributed by atoms with van der Waals surface area (Å²) in [5.41, 5.74) is 15.4. The minimum atomic E-state index is -0.0472. The van der Waals surface area contributed by atoms with Gasteiger partial charge in [-0.3, -0.25) is 10.7 Å². The van der Waals surface area contributed by atoms with Crippen LogP contribution in [0.2, 0.25) is 0 Å². The quantitative estimate of drug-likeness (QED) is 0.187. The zero-order valence-corrected chi connectivity index (χ0v) is 5.80. The van der Waals surface area contributed by atoms with E-state index in [9.17, 15) is 0 Å². The van der Waals surface area contributed by atoms with E-state index in [-0.39, 0.29) is 11.9 Å². The maximum absolute atomic E-state index is 5.29. The molecule has 0 rings (SSSR count). The topological polar surface area (TPSA) is 104 Å². The number of guanidine groups is 2. The molecule has 0 heterocycles. The molecule has 0 aromatic rings. The van der Waals surface area contributed by atoms with E-state index >= 15 is 0 Å². The highest BCUT2D eigenvalue weighted by Gasteiger charge is 1.94. The second kappa shape index (κ2) is 4.60. The number of aliphatic imine (C=N–C) groups is 1. The van der Waals surface area contributed by atoms with E-state index in [1.807, 2.05) is 0 Å². The minimum absolute atomic E-state index is 0.0472. The fraction of sp³-hybridized carbons (Fsp3) is 0.400. The first-order valence-electron chi connectivity index (χ1n) is 2.92. The Bertz CT molecular complexity index is 144. The summed E-state index contributed by atoms with van der Waals surface area (Å²) in [6, 6.07) is 0. The van der Waals surface area contributed by atoms with E-state index in [0.29, 0.717) is 6.54 Å². The van der Waals surface area contributed by atoms with Gasteiger partial charge in [0.05, 0.1) is 0 Å². The number of hydrogen-bond acceptors (Lipinski definition) is 0. The standard InChI is InChI=1S/C5H12N5/c1-2-3-9-5(8)10-4(6)7/h1-3H2,(H6,6,7,8,9,10)/q-1/p+1. The van der Waals surface area contributed by atoms with Crippen LogP contribution in [0.25, 0.3) is 0 Å². The van der Waals surface area contributed by atoms with Gasteiger partial charge in [-0.25, -0.2) is 0 Å². The number of nitrogens with zero attached hydrogens (tertiary/aromatic N) is 1. The molecular formula is C5H13N5. The summed E-state index contributed by atoms with van der Waals surface area (Å²) in [5, 5.41) is 0. The van der Waals surface area contributed by atoms with Crippen LogP contribution in [0.4, 0.5) is 0 Å². The average molecular weight is 143 g/mol. The summed E-state index contributed by atoms with van der Waals surface area (Å²) in [6.07, 6.45) is 0.737. The van der Waals surface area contributed by atoms with Gasteiger partial charge in [-0.2, -0.15) is 6.42 Å². The molecule has 5 heteroatoms. The fourth-order valence-electron chi connectivity index (χ4n) is 0.395. The molecule has 0 aromatic carbocycles. The fourth-order valence-corrected chi connectivity index (χ4v) is 0.395. The van der Waals surface area contributed by atoms with Crippen molar-refractivity contribution in [2.75, 3.05) is 6.54 Å². The largest absolute Gasteiger partial charge is 0.385 e. The van der Waals surface area contributed by atoms with Crippen LogP contribution in [0.3, 0.4) is 0 Å². The Balaban J connectivity index is 3.82. The Kier molecular flexibility index (Phi) is 4.02. The molecule has 0 unspecified atom stereocenters. The third kappa shape index (κ3) is 4.89. The van der Waals surface area contributed by atoms with Gasteiger partial charge in [0.1, 0.15) is 0 Å². The lowest BCUT2D eigenvalue weighted by Crippen LogP contribution is -2.75. The lowest BCUT2D eigenvalue weighted by atomic mass is 10.5. The molecule has 0 radical (unpaired) electrons. The number of nitrogens with one attached hydrogen (secondary N) is 1. The van der Waals surface area contributed by atoms with Gasteiger partial charge >= 0.3 is 5.96 Å². The molecule has 0 saturated carbocycles. The summed E-state index contributed by atoms with van der Waals surface area (Å²) in [5.74, 6) is 0.178. The predicted molar refractivity (Wildman–Crippen MR) is 40.8 cm³/mol. The second-order valence-electron chi connectivity index (χ2n) is 1.70. The Hall–Kier alpha value is -1.26. The van der Waals surface area contributed by atoms with Crippen LogP contribution in [0.5, 0.6) is 0 Å². The molecule has 0 saturated heterocycles. The van der Waals surface area contributed by atoms with Gasteiger partial charge < -0.3 is 18.4 Å². The van der Waals surface area contributed by atoms with E-state index in [2.05, 4.69) is 16.9 Å². The van der Waals surface area contributed by atoms with Crippen LogP contribution in [-0.4, -0.2) is 18.5 Å². The van der Waals surface area contributed by atoms with Gasteiger partial charge in [-0.1, -0.05) is 0 Å². The Labute approximate surface area is 60.0 Å². The van der Waals surface area contributed by atoms with Crippen LogP contribution >= 0.6 is 0 Å². The zero-order valence-electron chi connectivity index (χ0n) is 5.80. The maximum atomic E-state index is 5.29. The highest BCUT2D eigenvalue weighted by Crippen LogP contribution is 1.58. The molecular weight excluding hydrogens is 130 g/mol. The molecule has 0 aliphatic carbocycles. The Morgan fingerprint density at radius 2 is 2.00 bits per heavy atom. The number of nitrogens with two attached hydrogens (primary N) is 3. The van der Waals surface area contributed by atoms with Gasteiger partial charge in [0, 0.05) is 6.54 Å². The third-order valence-corrected chi connectivity index (χ3v) is 0.732. The number of rotatable bonds is 2. The molecule has 58 valence electrons. The van der Waals surface area contributed by atoms with E-state index in [4.69, 9.17) is 17.2 Å². The van der Waals surface area contributed by atoms with E-state index in [0.717, 1.165) is 6.42 Å². The Morgan fingerprint density at radius 1 is 1.40 bits per heavy atom. The maximum Gasteiger partial charge on any atom is 0.385 e. The molecule has 0 aliphatic rings. The highest BCUT2D eigenvalue weighted by atomic mass is 15.1. The molecule has 0 aliphatic heterocycles. The molecule has 0 amide bonds. The summed E-state index contributed by atoms with van der Waals surface area (Å²) in [4.78, 5) is 6.29. The first kappa shape index (κ1) is 8.74. The summed E-state index contributed by atoms with van der Waals surface area (Å²) in [7, 11) is 0. The summed E-state index contributed by atoms with van der Waals surface area (Å²) < 4.78 is 0. The highest BCUT2D eigenvalue weighted by molar-refractivity contribution is 5.89. The lowest BCUT2D eigenvalue weighted by molar-refractivity contribution is -0.457. The van der Waals surface area contributed by atoms with Gasteiger partial charge in [-0.05, 0) is 4.99 Å².